The first-order valence-corrected chi connectivity index (χ1v) is 5.14. The zero-order valence-corrected chi connectivity index (χ0v) is 9.11. The summed E-state index contributed by atoms with van der Waals surface area (Å²) in [6, 6.07) is 10.4. The first kappa shape index (κ1) is 10.1. The third-order valence-electron chi connectivity index (χ3n) is 2.11. The van der Waals surface area contributed by atoms with Crippen LogP contribution in [-0.2, 0) is 5.88 Å². The standard InChI is InChI=1S/C11H11ClN2O/c1-14(10-5-3-2-4-6-10)11-13-9(7-12)8-15-11/h2-6,8H,7H2,1H3. The minimum absolute atomic E-state index is 0.367. The van der Waals surface area contributed by atoms with E-state index >= 15 is 0 Å². The Morgan fingerprint density at radius 2 is 2.07 bits per heavy atom. The summed E-state index contributed by atoms with van der Waals surface area (Å²) in [6.07, 6.45) is 1.57. The predicted molar refractivity (Wildman–Crippen MR) is 60.6 cm³/mol. The summed E-state index contributed by atoms with van der Waals surface area (Å²) >= 11 is 5.65. The molecule has 0 spiro atoms. The third-order valence-corrected chi connectivity index (χ3v) is 2.38. The van der Waals surface area contributed by atoms with Crippen molar-refractivity contribution in [2.75, 3.05) is 11.9 Å². The van der Waals surface area contributed by atoms with Gasteiger partial charge in [0, 0.05) is 12.7 Å². The zero-order chi connectivity index (χ0) is 10.7. The molecule has 15 heavy (non-hydrogen) atoms. The van der Waals surface area contributed by atoms with Gasteiger partial charge in [-0.15, -0.1) is 11.6 Å². The van der Waals surface area contributed by atoms with Crippen molar-refractivity contribution in [3.8, 4) is 0 Å². The number of para-hydroxylation sites is 1. The maximum atomic E-state index is 5.65. The number of hydrogen-bond donors (Lipinski definition) is 0. The monoisotopic (exact) mass is 222 g/mol. The van der Waals surface area contributed by atoms with E-state index in [1.807, 2.05) is 42.3 Å². The molecule has 1 aromatic heterocycles. The second kappa shape index (κ2) is 4.36. The van der Waals surface area contributed by atoms with Crippen LogP contribution in [0.3, 0.4) is 0 Å². The molecular formula is C11H11ClN2O. The zero-order valence-electron chi connectivity index (χ0n) is 8.35. The fourth-order valence-electron chi connectivity index (χ4n) is 1.27. The van der Waals surface area contributed by atoms with E-state index in [-0.39, 0.29) is 0 Å². The van der Waals surface area contributed by atoms with Crippen LogP contribution in [0.4, 0.5) is 11.7 Å². The van der Waals surface area contributed by atoms with Gasteiger partial charge in [0.05, 0.1) is 11.6 Å². The maximum Gasteiger partial charge on any atom is 0.301 e. The van der Waals surface area contributed by atoms with Gasteiger partial charge in [0.25, 0.3) is 0 Å². The number of anilines is 2. The topological polar surface area (TPSA) is 29.3 Å². The quantitative estimate of drug-likeness (QED) is 0.747. The van der Waals surface area contributed by atoms with Crippen LogP contribution in [0.1, 0.15) is 5.69 Å². The molecule has 0 atom stereocenters. The van der Waals surface area contributed by atoms with Crippen LogP contribution in [0, 0.1) is 0 Å². The highest BCUT2D eigenvalue weighted by Gasteiger charge is 2.09. The molecule has 2 rings (SSSR count). The summed E-state index contributed by atoms with van der Waals surface area (Å²) in [5.74, 6) is 0.367. The smallest absolute Gasteiger partial charge is 0.301 e. The summed E-state index contributed by atoms with van der Waals surface area (Å²) < 4.78 is 5.30. The van der Waals surface area contributed by atoms with Crippen molar-refractivity contribution in [1.29, 1.82) is 0 Å². The number of halogens is 1. The van der Waals surface area contributed by atoms with Gasteiger partial charge in [0.15, 0.2) is 0 Å². The minimum Gasteiger partial charge on any atom is -0.431 e. The lowest BCUT2D eigenvalue weighted by Gasteiger charge is -2.13. The van der Waals surface area contributed by atoms with E-state index in [0.717, 1.165) is 11.4 Å². The Morgan fingerprint density at radius 3 is 2.67 bits per heavy atom. The molecule has 78 valence electrons. The number of oxazole rings is 1. The molecule has 0 unspecified atom stereocenters. The van der Waals surface area contributed by atoms with Crippen LogP contribution in [0.2, 0.25) is 0 Å². The third kappa shape index (κ3) is 2.13. The summed E-state index contributed by atoms with van der Waals surface area (Å²) in [5.41, 5.74) is 1.77. The van der Waals surface area contributed by atoms with E-state index in [1.54, 1.807) is 6.26 Å². The van der Waals surface area contributed by atoms with Crippen molar-refractivity contribution in [3.05, 3.63) is 42.3 Å². The van der Waals surface area contributed by atoms with Gasteiger partial charge in [0.1, 0.15) is 6.26 Å². The predicted octanol–water partition coefficient (Wildman–Crippen LogP) is 3.18. The van der Waals surface area contributed by atoms with Crippen LogP contribution < -0.4 is 4.90 Å². The Hall–Kier alpha value is -1.48. The fraction of sp³-hybridized carbons (Fsp3) is 0.182. The van der Waals surface area contributed by atoms with Gasteiger partial charge in [-0.3, -0.25) is 4.90 Å². The normalized spacial score (nSPS) is 10.3. The van der Waals surface area contributed by atoms with E-state index in [4.69, 9.17) is 16.0 Å². The largest absolute Gasteiger partial charge is 0.431 e. The molecule has 0 aliphatic heterocycles. The number of aromatic nitrogens is 1. The number of nitrogens with zero attached hydrogens (tertiary/aromatic N) is 2. The van der Waals surface area contributed by atoms with E-state index in [0.29, 0.717) is 11.9 Å². The summed E-state index contributed by atoms with van der Waals surface area (Å²) in [6.45, 7) is 0. The van der Waals surface area contributed by atoms with Crippen LogP contribution in [0.25, 0.3) is 0 Å². The van der Waals surface area contributed by atoms with Gasteiger partial charge >= 0.3 is 6.01 Å². The van der Waals surface area contributed by atoms with E-state index in [9.17, 15) is 0 Å². The molecule has 2 aromatic rings. The number of benzene rings is 1. The molecule has 0 aliphatic carbocycles. The number of hydrogen-bond acceptors (Lipinski definition) is 3. The summed E-state index contributed by atoms with van der Waals surface area (Å²) in [4.78, 5) is 6.10. The first-order valence-electron chi connectivity index (χ1n) is 4.60. The van der Waals surface area contributed by atoms with E-state index < -0.39 is 0 Å². The molecule has 0 N–H and O–H groups in total. The van der Waals surface area contributed by atoms with Crippen LogP contribution in [0.15, 0.2) is 41.0 Å². The molecule has 0 saturated heterocycles. The van der Waals surface area contributed by atoms with Crippen LogP contribution >= 0.6 is 11.6 Å². The number of alkyl halides is 1. The average Bonchev–Trinajstić information content (AvgIpc) is 2.78. The molecular weight excluding hydrogens is 212 g/mol. The maximum absolute atomic E-state index is 5.65. The van der Waals surface area contributed by atoms with Gasteiger partial charge in [-0.05, 0) is 12.1 Å². The Labute approximate surface area is 93.3 Å². The lowest BCUT2D eigenvalue weighted by molar-refractivity contribution is 0.560. The Bertz CT molecular complexity index is 427. The second-order valence-corrected chi connectivity index (χ2v) is 3.42. The lowest BCUT2D eigenvalue weighted by Crippen LogP contribution is -2.09. The molecule has 0 amide bonds. The van der Waals surface area contributed by atoms with Gasteiger partial charge in [-0.1, -0.05) is 18.2 Å². The minimum atomic E-state index is 0.367. The average molecular weight is 223 g/mol. The number of rotatable bonds is 3. The van der Waals surface area contributed by atoms with Gasteiger partial charge < -0.3 is 4.42 Å². The molecule has 0 fully saturated rings. The van der Waals surface area contributed by atoms with Gasteiger partial charge in [0.2, 0.25) is 0 Å². The summed E-state index contributed by atoms with van der Waals surface area (Å²) in [5, 5.41) is 0. The highest BCUT2D eigenvalue weighted by atomic mass is 35.5. The fourth-order valence-corrected chi connectivity index (χ4v) is 1.40. The molecule has 0 saturated carbocycles. The van der Waals surface area contributed by atoms with Crippen LogP contribution in [0.5, 0.6) is 0 Å². The molecule has 1 aromatic carbocycles. The van der Waals surface area contributed by atoms with E-state index in [1.165, 1.54) is 0 Å². The van der Waals surface area contributed by atoms with E-state index in [2.05, 4.69) is 4.98 Å². The SMILES string of the molecule is CN(c1ccccc1)c1nc(CCl)co1. The van der Waals surface area contributed by atoms with Gasteiger partial charge in [-0.2, -0.15) is 4.98 Å². The lowest BCUT2D eigenvalue weighted by atomic mass is 10.3. The van der Waals surface area contributed by atoms with Crippen molar-refractivity contribution >= 4 is 23.3 Å². The molecule has 0 aliphatic rings. The van der Waals surface area contributed by atoms with Crippen molar-refractivity contribution in [1.82, 2.24) is 4.98 Å². The highest BCUT2D eigenvalue weighted by Crippen LogP contribution is 2.22. The van der Waals surface area contributed by atoms with Gasteiger partial charge in [-0.25, -0.2) is 0 Å². The molecule has 3 nitrogen and oxygen atoms in total. The Balaban J connectivity index is 2.24. The van der Waals surface area contributed by atoms with Crippen molar-refractivity contribution in [3.63, 3.8) is 0 Å². The Morgan fingerprint density at radius 1 is 1.33 bits per heavy atom. The first-order chi connectivity index (χ1) is 7.31. The molecule has 0 radical (unpaired) electrons. The van der Waals surface area contributed by atoms with Crippen molar-refractivity contribution in [2.45, 2.75) is 5.88 Å². The molecule has 4 heteroatoms. The molecule has 0 bridgehead atoms. The molecule has 1 heterocycles. The summed E-state index contributed by atoms with van der Waals surface area (Å²) in [7, 11) is 1.90. The van der Waals surface area contributed by atoms with Crippen molar-refractivity contribution < 1.29 is 4.42 Å². The Kier molecular flexibility index (Phi) is 2.92. The van der Waals surface area contributed by atoms with Crippen molar-refractivity contribution in [2.24, 2.45) is 0 Å². The van der Waals surface area contributed by atoms with Crippen LogP contribution in [-0.4, -0.2) is 12.0 Å². The second-order valence-electron chi connectivity index (χ2n) is 3.15. The highest BCUT2D eigenvalue weighted by molar-refractivity contribution is 6.16.